The smallest absolute Gasteiger partial charge is 0.226 e. The van der Waals surface area contributed by atoms with E-state index in [-0.39, 0.29) is 5.92 Å². The van der Waals surface area contributed by atoms with Gasteiger partial charge in [-0.25, -0.2) is 0 Å². The standard InChI is InChI=1S/C21H31N3O/c1-22-10-6-5-9-18(22)16-23-11-13-24(14-12-23)21(25)20-15-19(20)17-7-3-2-4-8-17/h2-4,7-8,18-20H,5-6,9-16H2,1H3/t18-,19+,20+/m1/s1. The number of piperazine rings is 1. The molecular formula is C21H31N3O. The molecule has 3 aliphatic rings. The summed E-state index contributed by atoms with van der Waals surface area (Å²) in [6.45, 7) is 6.32. The zero-order valence-corrected chi connectivity index (χ0v) is 15.4. The van der Waals surface area contributed by atoms with Gasteiger partial charge in [-0.1, -0.05) is 36.8 Å². The molecule has 0 unspecified atom stereocenters. The SMILES string of the molecule is CN1CCCC[C@@H]1CN1CCN(C(=O)[C@H]2C[C@H]2c2ccccc2)CC1. The van der Waals surface area contributed by atoms with Crippen LogP contribution in [0.1, 0.15) is 37.2 Å². The summed E-state index contributed by atoms with van der Waals surface area (Å²) in [7, 11) is 2.26. The molecule has 3 atom stereocenters. The Morgan fingerprint density at radius 1 is 1.04 bits per heavy atom. The number of piperidine rings is 1. The highest BCUT2D eigenvalue weighted by Gasteiger charge is 2.46. The maximum absolute atomic E-state index is 12.8. The summed E-state index contributed by atoms with van der Waals surface area (Å²) in [5.41, 5.74) is 1.33. The van der Waals surface area contributed by atoms with E-state index in [9.17, 15) is 4.79 Å². The molecule has 0 N–H and O–H groups in total. The number of hydrogen-bond donors (Lipinski definition) is 0. The molecule has 4 heteroatoms. The fourth-order valence-corrected chi connectivity index (χ4v) is 4.59. The highest BCUT2D eigenvalue weighted by atomic mass is 16.2. The summed E-state index contributed by atoms with van der Waals surface area (Å²) in [6.07, 6.45) is 5.08. The number of likely N-dealkylation sites (tertiary alicyclic amines) is 1. The third kappa shape index (κ3) is 3.90. The van der Waals surface area contributed by atoms with E-state index >= 15 is 0 Å². The maximum Gasteiger partial charge on any atom is 0.226 e. The van der Waals surface area contributed by atoms with E-state index in [1.54, 1.807) is 0 Å². The van der Waals surface area contributed by atoms with Crippen LogP contribution < -0.4 is 0 Å². The number of likely N-dealkylation sites (N-methyl/N-ethyl adjacent to an activating group) is 1. The number of carbonyl (C=O) groups is 1. The van der Waals surface area contributed by atoms with Gasteiger partial charge in [0.1, 0.15) is 0 Å². The number of amides is 1. The predicted octanol–water partition coefficient (Wildman–Crippen LogP) is 2.42. The molecule has 1 saturated carbocycles. The van der Waals surface area contributed by atoms with Gasteiger partial charge in [-0.3, -0.25) is 9.69 Å². The van der Waals surface area contributed by atoms with E-state index in [1.807, 2.05) is 6.07 Å². The molecule has 1 aromatic carbocycles. The summed E-state index contributed by atoms with van der Waals surface area (Å²) in [5.74, 6) is 1.09. The number of nitrogens with zero attached hydrogens (tertiary/aromatic N) is 3. The minimum Gasteiger partial charge on any atom is -0.340 e. The van der Waals surface area contributed by atoms with Crippen molar-refractivity contribution in [1.82, 2.24) is 14.7 Å². The first kappa shape index (κ1) is 17.0. The summed E-state index contributed by atoms with van der Waals surface area (Å²) >= 11 is 0. The predicted molar refractivity (Wildman–Crippen MR) is 101 cm³/mol. The van der Waals surface area contributed by atoms with Crippen LogP contribution >= 0.6 is 0 Å². The average Bonchev–Trinajstić information content (AvgIpc) is 3.45. The molecule has 2 aliphatic heterocycles. The first-order valence-corrected chi connectivity index (χ1v) is 9.98. The Kier molecular flexibility index (Phi) is 5.09. The van der Waals surface area contributed by atoms with Crippen LogP contribution in [0.2, 0.25) is 0 Å². The van der Waals surface area contributed by atoms with Crippen molar-refractivity contribution in [2.45, 2.75) is 37.6 Å². The van der Waals surface area contributed by atoms with Crippen LogP contribution in [0.3, 0.4) is 0 Å². The van der Waals surface area contributed by atoms with E-state index in [2.05, 4.69) is 46.0 Å². The number of carbonyl (C=O) groups excluding carboxylic acids is 1. The van der Waals surface area contributed by atoms with Crippen molar-refractivity contribution in [2.24, 2.45) is 5.92 Å². The Morgan fingerprint density at radius 3 is 2.52 bits per heavy atom. The highest BCUT2D eigenvalue weighted by molar-refractivity contribution is 5.83. The minimum absolute atomic E-state index is 0.235. The first-order chi connectivity index (χ1) is 12.2. The molecule has 1 aliphatic carbocycles. The van der Waals surface area contributed by atoms with Crippen molar-refractivity contribution in [3.05, 3.63) is 35.9 Å². The Bertz CT molecular complexity index is 582. The first-order valence-electron chi connectivity index (χ1n) is 9.98. The van der Waals surface area contributed by atoms with E-state index in [0.29, 0.717) is 17.9 Å². The van der Waals surface area contributed by atoms with Crippen molar-refractivity contribution in [2.75, 3.05) is 46.3 Å². The summed E-state index contributed by atoms with van der Waals surface area (Å²) in [6, 6.07) is 11.2. The lowest BCUT2D eigenvalue weighted by molar-refractivity contribution is -0.134. The second-order valence-electron chi connectivity index (χ2n) is 8.12. The van der Waals surface area contributed by atoms with Gasteiger partial charge < -0.3 is 9.80 Å². The van der Waals surface area contributed by atoms with Crippen LogP contribution in [0.15, 0.2) is 30.3 Å². The Morgan fingerprint density at radius 2 is 1.80 bits per heavy atom. The van der Waals surface area contributed by atoms with E-state index < -0.39 is 0 Å². The van der Waals surface area contributed by atoms with Crippen molar-refractivity contribution in [1.29, 1.82) is 0 Å². The maximum atomic E-state index is 12.8. The van der Waals surface area contributed by atoms with Gasteiger partial charge in [0.05, 0.1) is 0 Å². The van der Waals surface area contributed by atoms with Gasteiger partial charge in [-0.15, -0.1) is 0 Å². The molecule has 2 saturated heterocycles. The molecular weight excluding hydrogens is 310 g/mol. The van der Waals surface area contributed by atoms with Crippen molar-refractivity contribution in [3.63, 3.8) is 0 Å². The van der Waals surface area contributed by atoms with Crippen LogP contribution in [-0.4, -0.2) is 73.0 Å². The molecule has 0 spiro atoms. The fraction of sp³-hybridized carbons (Fsp3) is 0.667. The van der Waals surface area contributed by atoms with Gasteiger partial charge in [-0.05, 0) is 44.3 Å². The summed E-state index contributed by atoms with van der Waals surface area (Å²) < 4.78 is 0. The largest absolute Gasteiger partial charge is 0.340 e. The molecule has 4 nitrogen and oxygen atoms in total. The third-order valence-corrected chi connectivity index (χ3v) is 6.41. The van der Waals surface area contributed by atoms with Gasteiger partial charge in [0.2, 0.25) is 5.91 Å². The number of rotatable bonds is 4. The van der Waals surface area contributed by atoms with Crippen LogP contribution in [-0.2, 0) is 4.79 Å². The van der Waals surface area contributed by atoms with E-state index in [0.717, 1.165) is 32.6 Å². The summed E-state index contributed by atoms with van der Waals surface area (Å²) in [5, 5.41) is 0. The second-order valence-corrected chi connectivity index (χ2v) is 8.12. The summed E-state index contributed by atoms with van der Waals surface area (Å²) in [4.78, 5) is 20.0. The molecule has 4 rings (SSSR count). The molecule has 2 heterocycles. The molecule has 1 amide bonds. The van der Waals surface area contributed by atoms with E-state index in [1.165, 1.54) is 37.9 Å². The normalized spacial score (nSPS) is 31.1. The van der Waals surface area contributed by atoms with Gasteiger partial charge in [0.15, 0.2) is 0 Å². The highest BCUT2D eigenvalue weighted by Crippen LogP contribution is 2.48. The van der Waals surface area contributed by atoms with Crippen LogP contribution in [0.4, 0.5) is 0 Å². The molecule has 0 aromatic heterocycles. The molecule has 136 valence electrons. The van der Waals surface area contributed by atoms with E-state index in [4.69, 9.17) is 0 Å². The third-order valence-electron chi connectivity index (χ3n) is 6.41. The Labute approximate surface area is 151 Å². The fourth-order valence-electron chi connectivity index (χ4n) is 4.59. The molecule has 0 radical (unpaired) electrons. The quantitative estimate of drug-likeness (QED) is 0.841. The second kappa shape index (κ2) is 7.46. The van der Waals surface area contributed by atoms with Crippen LogP contribution in [0.25, 0.3) is 0 Å². The minimum atomic E-state index is 0.235. The lowest BCUT2D eigenvalue weighted by Gasteiger charge is -2.40. The van der Waals surface area contributed by atoms with Crippen LogP contribution in [0, 0.1) is 5.92 Å². The monoisotopic (exact) mass is 341 g/mol. The number of hydrogen-bond acceptors (Lipinski definition) is 3. The van der Waals surface area contributed by atoms with Gasteiger partial charge in [-0.2, -0.15) is 0 Å². The van der Waals surface area contributed by atoms with Crippen LogP contribution in [0.5, 0.6) is 0 Å². The Balaban J connectivity index is 1.24. The lowest BCUT2D eigenvalue weighted by Crippen LogP contribution is -2.53. The van der Waals surface area contributed by atoms with Crippen molar-refractivity contribution < 1.29 is 4.79 Å². The van der Waals surface area contributed by atoms with Crippen molar-refractivity contribution >= 4 is 5.91 Å². The molecule has 25 heavy (non-hydrogen) atoms. The van der Waals surface area contributed by atoms with Crippen molar-refractivity contribution in [3.8, 4) is 0 Å². The average molecular weight is 341 g/mol. The van der Waals surface area contributed by atoms with Gasteiger partial charge >= 0.3 is 0 Å². The number of benzene rings is 1. The molecule has 3 fully saturated rings. The molecule has 1 aromatic rings. The topological polar surface area (TPSA) is 26.8 Å². The van der Waals surface area contributed by atoms with Gasteiger partial charge in [0, 0.05) is 44.7 Å². The van der Waals surface area contributed by atoms with Gasteiger partial charge in [0.25, 0.3) is 0 Å². The zero-order valence-electron chi connectivity index (χ0n) is 15.4. The Hall–Kier alpha value is -1.39. The molecule has 0 bridgehead atoms. The lowest BCUT2D eigenvalue weighted by atomic mass is 10.0. The zero-order chi connectivity index (χ0) is 17.2.